The topological polar surface area (TPSA) is 92.0 Å². The summed E-state index contributed by atoms with van der Waals surface area (Å²) in [6.45, 7) is 1.99. The second-order valence-corrected chi connectivity index (χ2v) is 5.30. The van der Waals surface area contributed by atoms with Gasteiger partial charge in [-0.15, -0.1) is 0 Å². The lowest BCUT2D eigenvalue weighted by Crippen LogP contribution is -2.58. The number of hydrogen-bond acceptors (Lipinski definition) is 5. The molecule has 1 aliphatic heterocycles. The van der Waals surface area contributed by atoms with Gasteiger partial charge in [-0.2, -0.15) is 0 Å². The molecule has 0 radical (unpaired) electrons. The zero-order valence-electron chi connectivity index (χ0n) is 12.9. The van der Waals surface area contributed by atoms with E-state index in [0.29, 0.717) is 11.4 Å². The van der Waals surface area contributed by atoms with Crippen LogP contribution in [-0.2, 0) is 16.1 Å². The van der Waals surface area contributed by atoms with Crippen LogP contribution in [0.1, 0.15) is 11.3 Å². The van der Waals surface area contributed by atoms with Crippen molar-refractivity contribution in [2.24, 2.45) is 10.9 Å². The molecule has 4 amide bonds. The quantitative estimate of drug-likeness (QED) is 0.688. The number of para-hydroxylation sites is 1. The third kappa shape index (κ3) is 2.96. The summed E-state index contributed by atoms with van der Waals surface area (Å²) in [5.41, 5.74) is 1.19. The van der Waals surface area contributed by atoms with E-state index >= 15 is 0 Å². The van der Waals surface area contributed by atoms with Gasteiger partial charge < -0.3 is 4.42 Å². The maximum atomic E-state index is 12.6. The number of nitrogens with zero attached hydrogens (tertiary/aromatic N) is 2. The third-order valence-electron chi connectivity index (χ3n) is 3.64. The van der Waals surface area contributed by atoms with Crippen molar-refractivity contribution in [2.45, 2.75) is 13.5 Å². The lowest BCUT2D eigenvalue weighted by molar-refractivity contribution is -0.131. The lowest BCUT2D eigenvalue weighted by atomic mass is 10.0. The van der Waals surface area contributed by atoms with E-state index in [2.05, 4.69) is 10.3 Å². The minimum Gasteiger partial charge on any atom is -0.467 e. The van der Waals surface area contributed by atoms with Gasteiger partial charge in [0.15, 0.2) is 5.92 Å². The Balaban J connectivity index is 1.83. The van der Waals surface area contributed by atoms with Crippen LogP contribution in [0.25, 0.3) is 0 Å². The molecule has 2 heterocycles. The summed E-state index contributed by atoms with van der Waals surface area (Å²) in [7, 11) is 0. The fourth-order valence-corrected chi connectivity index (χ4v) is 2.41. The summed E-state index contributed by atoms with van der Waals surface area (Å²) in [5, 5.41) is 2.19. The van der Waals surface area contributed by atoms with E-state index in [4.69, 9.17) is 4.42 Å². The predicted molar refractivity (Wildman–Crippen MR) is 86.6 cm³/mol. The van der Waals surface area contributed by atoms with Gasteiger partial charge in [-0.05, 0) is 30.7 Å². The van der Waals surface area contributed by atoms with Crippen LogP contribution in [0, 0.1) is 12.8 Å². The van der Waals surface area contributed by atoms with Gasteiger partial charge in [0.05, 0.1) is 18.5 Å². The Morgan fingerprint density at radius 1 is 1.21 bits per heavy atom. The SMILES string of the molecule is Cc1ccccc1N1C(=O)NC(=O)[C@@H](C=NCc2ccco2)C1=O. The third-order valence-corrected chi connectivity index (χ3v) is 3.64. The van der Waals surface area contributed by atoms with E-state index in [-0.39, 0.29) is 6.54 Å². The van der Waals surface area contributed by atoms with Crippen molar-refractivity contribution in [3.05, 3.63) is 54.0 Å². The van der Waals surface area contributed by atoms with E-state index in [1.54, 1.807) is 43.3 Å². The van der Waals surface area contributed by atoms with Crippen LogP contribution in [0.15, 0.2) is 52.1 Å². The van der Waals surface area contributed by atoms with Gasteiger partial charge in [-0.3, -0.25) is 19.9 Å². The molecule has 7 nitrogen and oxygen atoms in total. The Bertz CT molecular complexity index is 811. The second-order valence-electron chi connectivity index (χ2n) is 5.30. The molecule has 1 N–H and O–H groups in total. The van der Waals surface area contributed by atoms with Crippen molar-refractivity contribution in [3.8, 4) is 0 Å². The van der Waals surface area contributed by atoms with Gasteiger partial charge >= 0.3 is 6.03 Å². The second kappa shape index (κ2) is 6.49. The molecule has 0 aliphatic carbocycles. The molecule has 1 atom stereocenters. The number of nitrogens with one attached hydrogen (secondary N) is 1. The molecule has 3 rings (SSSR count). The minimum absolute atomic E-state index is 0.211. The van der Waals surface area contributed by atoms with Gasteiger partial charge in [0.25, 0.3) is 5.91 Å². The summed E-state index contributed by atoms with van der Waals surface area (Å²) >= 11 is 0. The van der Waals surface area contributed by atoms with Crippen LogP contribution >= 0.6 is 0 Å². The number of aliphatic imine (C=N–C) groups is 1. The van der Waals surface area contributed by atoms with Crippen LogP contribution in [0.5, 0.6) is 0 Å². The number of hydrogen-bond donors (Lipinski definition) is 1. The van der Waals surface area contributed by atoms with Crippen LogP contribution in [-0.4, -0.2) is 24.1 Å². The highest BCUT2D eigenvalue weighted by atomic mass is 16.3. The standard InChI is InChI=1S/C17H15N3O4/c1-11-5-2-3-7-14(11)20-16(22)13(15(21)19-17(20)23)10-18-9-12-6-4-8-24-12/h2-8,10,13H,9H2,1H3,(H,19,21,23)/t13-/m1/s1. The molecule has 24 heavy (non-hydrogen) atoms. The molecular weight excluding hydrogens is 310 g/mol. The molecular formula is C17H15N3O4. The number of amides is 4. The smallest absolute Gasteiger partial charge is 0.335 e. The number of rotatable bonds is 4. The number of imide groups is 2. The Morgan fingerprint density at radius 2 is 2.00 bits per heavy atom. The zero-order chi connectivity index (χ0) is 17.1. The first-order valence-electron chi connectivity index (χ1n) is 7.34. The van der Waals surface area contributed by atoms with Crippen LogP contribution in [0.4, 0.5) is 10.5 Å². The minimum atomic E-state index is -1.16. The van der Waals surface area contributed by atoms with E-state index in [9.17, 15) is 14.4 Å². The number of barbiturate groups is 1. The fraction of sp³-hybridized carbons (Fsp3) is 0.176. The number of carbonyl (C=O) groups excluding carboxylic acids is 3. The van der Waals surface area contributed by atoms with E-state index in [0.717, 1.165) is 10.5 Å². The van der Waals surface area contributed by atoms with Crippen molar-refractivity contribution in [3.63, 3.8) is 0 Å². The van der Waals surface area contributed by atoms with Crippen molar-refractivity contribution in [2.75, 3.05) is 4.90 Å². The monoisotopic (exact) mass is 325 g/mol. The Kier molecular flexibility index (Phi) is 4.24. The summed E-state index contributed by atoms with van der Waals surface area (Å²) in [6, 6.07) is 9.67. The first-order chi connectivity index (χ1) is 11.6. The first kappa shape index (κ1) is 15.7. The first-order valence-corrected chi connectivity index (χ1v) is 7.34. The molecule has 0 saturated carbocycles. The summed E-state index contributed by atoms with van der Waals surface area (Å²) in [6.07, 6.45) is 2.76. The Morgan fingerprint density at radius 3 is 2.71 bits per heavy atom. The highest BCUT2D eigenvalue weighted by Gasteiger charge is 2.40. The lowest BCUT2D eigenvalue weighted by Gasteiger charge is -2.29. The maximum absolute atomic E-state index is 12.6. The van der Waals surface area contributed by atoms with Gasteiger partial charge in [-0.25, -0.2) is 9.69 Å². The number of anilines is 1. The van der Waals surface area contributed by atoms with Crippen molar-refractivity contribution >= 4 is 29.7 Å². The summed E-state index contributed by atoms with van der Waals surface area (Å²) in [4.78, 5) is 41.7. The normalized spacial score (nSPS) is 18.3. The van der Waals surface area contributed by atoms with Gasteiger partial charge in [0.2, 0.25) is 5.91 Å². The molecule has 0 spiro atoms. The van der Waals surface area contributed by atoms with Crippen LogP contribution < -0.4 is 10.2 Å². The average molecular weight is 325 g/mol. The van der Waals surface area contributed by atoms with E-state index < -0.39 is 23.8 Å². The number of aryl methyl sites for hydroxylation is 1. The van der Waals surface area contributed by atoms with Crippen LogP contribution in [0.2, 0.25) is 0 Å². The molecule has 0 bridgehead atoms. The Hall–Kier alpha value is -3.22. The van der Waals surface area contributed by atoms with Crippen molar-refractivity contribution in [1.82, 2.24) is 5.32 Å². The number of furan rings is 1. The van der Waals surface area contributed by atoms with Gasteiger partial charge in [0.1, 0.15) is 5.76 Å². The maximum Gasteiger partial charge on any atom is 0.335 e. The van der Waals surface area contributed by atoms with Gasteiger partial charge in [-0.1, -0.05) is 18.2 Å². The van der Waals surface area contributed by atoms with E-state index in [1.165, 1.54) is 12.5 Å². The number of benzene rings is 1. The molecule has 1 aromatic carbocycles. The van der Waals surface area contributed by atoms with E-state index in [1.807, 2.05) is 0 Å². The van der Waals surface area contributed by atoms with Crippen LogP contribution in [0.3, 0.4) is 0 Å². The van der Waals surface area contributed by atoms with Crippen molar-refractivity contribution < 1.29 is 18.8 Å². The number of urea groups is 1. The molecule has 0 unspecified atom stereocenters. The molecule has 1 aliphatic rings. The molecule has 1 fully saturated rings. The number of carbonyl (C=O) groups is 3. The summed E-state index contributed by atoms with van der Waals surface area (Å²) < 4.78 is 5.14. The molecule has 1 saturated heterocycles. The Labute approximate surface area is 138 Å². The molecule has 2 aromatic rings. The highest BCUT2D eigenvalue weighted by Crippen LogP contribution is 2.23. The largest absolute Gasteiger partial charge is 0.467 e. The summed E-state index contributed by atoms with van der Waals surface area (Å²) in [5.74, 6) is -1.85. The molecule has 7 heteroatoms. The van der Waals surface area contributed by atoms with Gasteiger partial charge in [0, 0.05) is 6.21 Å². The van der Waals surface area contributed by atoms with Crippen molar-refractivity contribution in [1.29, 1.82) is 0 Å². The average Bonchev–Trinajstić information content (AvgIpc) is 3.05. The molecule has 1 aromatic heterocycles. The fourth-order valence-electron chi connectivity index (χ4n) is 2.41. The molecule has 122 valence electrons. The predicted octanol–water partition coefficient (Wildman–Crippen LogP) is 2.06. The zero-order valence-corrected chi connectivity index (χ0v) is 12.9. The highest BCUT2D eigenvalue weighted by molar-refractivity contribution is 6.32.